The van der Waals surface area contributed by atoms with Crippen molar-refractivity contribution in [2.45, 2.75) is 0 Å². The van der Waals surface area contributed by atoms with Crippen LogP contribution in [0.2, 0.25) is 5.02 Å². The number of hydrogen-bond acceptors (Lipinski definition) is 4. The molecule has 108 valence electrons. The van der Waals surface area contributed by atoms with Crippen molar-refractivity contribution < 1.29 is 19.2 Å². The lowest BCUT2D eigenvalue weighted by Gasteiger charge is -2.08. The van der Waals surface area contributed by atoms with Crippen LogP contribution in [0.15, 0.2) is 36.4 Å². The molecule has 21 heavy (non-hydrogen) atoms. The van der Waals surface area contributed by atoms with Crippen LogP contribution in [0.5, 0.6) is 5.75 Å². The third-order valence-electron chi connectivity index (χ3n) is 2.63. The van der Waals surface area contributed by atoms with Gasteiger partial charge in [0.05, 0.1) is 21.2 Å². The number of carbonyl (C=O) groups excluding carboxylic acids is 1. The van der Waals surface area contributed by atoms with Crippen LogP contribution in [-0.4, -0.2) is 15.9 Å². The SMILES string of the molecule is O=C(Nc1cc(F)ccc1Cl)c1cccc([N+](=O)[O-])c1O. The average molecular weight is 311 g/mol. The molecule has 0 aliphatic heterocycles. The Bertz CT molecular complexity index is 736. The molecule has 0 heterocycles. The molecule has 0 saturated carbocycles. The Morgan fingerprint density at radius 3 is 2.71 bits per heavy atom. The molecule has 2 rings (SSSR count). The highest BCUT2D eigenvalue weighted by atomic mass is 35.5. The second kappa shape index (κ2) is 5.76. The van der Waals surface area contributed by atoms with Gasteiger partial charge in [-0.15, -0.1) is 0 Å². The van der Waals surface area contributed by atoms with Crippen molar-refractivity contribution in [2.75, 3.05) is 5.32 Å². The topological polar surface area (TPSA) is 92.5 Å². The lowest BCUT2D eigenvalue weighted by atomic mass is 10.1. The van der Waals surface area contributed by atoms with Crippen molar-refractivity contribution in [1.29, 1.82) is 0 Å². The van der Waals surface area contributed by atoms with Crippen LogP contribution < -0.4 is 5.32 Å². The Labute approximate surface area is 122 Å². The summed E-state index contributed by atoms with van der Waals surface area (Å²) in [6, 6.07) is 6.86. The minimum Gasteiger partial charge on any atom is -0.502 e. The van der Waals surface area contributed by atoms with Gasteiger partial charge in [0, 0.05) is 6.07 Å². The summed E-state index contributed by atoms with van der Waals surface area (Å²) in [5.41, 5.74) is -0.926. The summed E-state index contributed by atoms with van der Waals surface area (Å²) in [4.78, 5) is 21.9. The Morgan fingerprint density at radius 2 is 2.05 bits per heavy atom. The number of para-hydroxylation sites is 1. The van der Waals surface area contributed by atoms with Crippen LogP contribution in [0.1, 0.15) is 10.4 Å². The van der Waals surface area contributed by atoms with E-state index in [9.17, 15) is 24.4 Å². The maximum Gasteiger partial charge on any atom is 0.311 e. The van der Waals surface area contributed by atoms with E-state index in [-0.39, 0.29) is 16.3 Å². The normalized spacial score (nSPS) is 10.2. The summed E-state index contributed by atoms with van der Waals surface area (Å²) >= 11 is 5.80. The second-order valence-electron chi connectivity index (χ2n) is 4.01. The van der Waals surface area contributed by atoms with Gasteiger partial charge in [-0.05, 0) is 24.3 Å². The predicted octanol–water partition coefficient (Wildman–Crippen LogP) is 3.35. The zero-order chi connectivity index (χ0) is 15.6. The molecule has 0 aromatic heterocycles. The fourth-order valence-corrected chi connectivity index (χ4v) is 1.81. The van der Waals surface area contributed by atoms with Gasteiger partial charge in [-0.2, -0.15) is 0 Å². The number of anilines is 1. The van der Waals surface area contributed by atoms with Crippen LogP contribution in [0.25, 0.3) is 0 Å². The molecule has 0 aliphatic carbocycles. The van der Waals surface area contributed by atoms with E-state index in [2.05, 4.69) is 5.32 Å². The molecule has 2 aromatic rings. The maximum absolute atomic E-state index is 13.1. The smallest absolute Gasteiger partial charge is 0.311 e. The first-order valence-electron chi connectivity index (χ1n) is 5.63. The Kier molecular flexibility index (Phi) is 4.04. The van der Waals surface area contributed by atoms with Crippen molar-refractivity contribution in [2.24, 2.45) is 0 Å². The first-order valence-corrected chi connectivity index (χ1v) is 6.00. The monoisotopic (exact) mass is 310 g/mol. The number of carbonyl (C=O) groups is 1. The molecule has 0 radical (unpaired) electrons. The van der Waals surface area contributed by atoms with Gasteiger partial charge < -0.3 is 10.4 Å². The number of nitro benzene ring substituents is 1. The zero-order valence-corrected chi connectivity index (χ0v) is 11.1. The fraction of sp³-hybridized carbons (Fsp3) is 0. The van der Waals surface area contributed by atoms with Gasteiger partial charge in [-0.25, -0.2) is 4.39 Å². The largest absolute Gasteiger partial charge is 0.502 e. The third kappa shape index (κ3) is 3.09. The number of nitro groups is 1. The fourth-order valence-electron chi connectivity index (χ4n) is 1.64. The molecule has 0 fully saturated rings. The number of amides is 1. The maximum atomic E-state index is 13.1. The average Bonchev–Trinajstić information content (AvgIpc) is 2.42. The summed E-state index contributed by atoms with van der Waals surface area (Å²) in [5.74, 6) is -2.23. The summed E-state index contributed by atoms with van der Waals surface area (Å²) in [5, 5.41) is 22.8. The Hall–Kier alpha value is -2.67. The molecule has 2 N–H and O–H groups in total. The first-order chi connectivity index (χ1) is 9.90. The van der Waals surface area contributed by atoms with E-state index in [1.807, 2.05) is 0 Å². The molecular formula is C13H8ClFN2O4. The number of rotatable bonds is 3. The molecule has 2 aromatic carbocycles. The number of hydrogen-bond donors (Lipinski definition) is 2. The van der Waals surface area contributed by atoms with Gasteiger partial charge in [0.25, 0.3) is 5.91 Å². The van der Waals surface area contributed by atoms with Crippen LogP contribution >= 0.6 is 11.6 Å². The highest BCUT2D eigenvalue weighted by Crippen LogP contribution is 2.30. The van der Waals surface area contributed by atoms with E-state index < -0.39 is 28.1 Å². The van der Waals surface area contributed by atoms with Crippen molar-refractivity contribution in [3.8, 4) is 5.75 Å². The van der Waals surface area contributed by atoms with Crippen LogP contribution in [0, 0.1) is 15.9 Å². The quantitative estimate of drug-likeness (QED) is 0.671. The van der Waals surface area contributed by atoms with Crippen molar-refractivity contribution in [1.82, 2.24) is 0 Å². The molecule has 8 heteroatoms. The summed E-state index contributed by atoms with van der Waals surface area (Å²) < 4.78 is 13.1. The van der Waals surface area contributed by atoms with Gasteiger partial charge in [0.15, 0.2) is 0 Å². The van der Waals surface area contributed by atoms with E-state index >= 15 is 0 Å². The van der Waals surface area contributed by atoms with E-state index in [4.69, 9.17) is 11.6 Å². The second-order valence-corrected chi connectivity index (χ2v) is 4.42. The van der Waals surface area contributed by atoms with Gasteiger partial charge in [0.2, 0.25) is 5.75 Å². The summed E-state index contributed by atoms with van der Waals surface area (Å²) in [6.45, 7) is 0. The molecule has 0 saturated heterocycles. The number of phenols is 1. The number of benzene rings is 2. The van der Waals surface area contributed by atoms with Gasteiger partial charge in [-0.1, -0.05) is 17.7 Å². The Balaban J connectivity index is 2.35. The van der Waals surface area contributed by atoms with Gasteiger partial charge in [0.1, 0.15) is 5.82 Å². The van der Waals surface area contributed by atoms with Crippen molar-refractivity contribution >= 4 is 28.9 Å². The molecule has 1 amide bonds. The van der Waals surface area contributed by atoms with Crippen molar-refractivity contribution in [3.63, 3.8) is 0 Å². The molecule has 0 aliphatic rings. The minimum atomic E-state index is -0.844. The number of halogens is 2. The highest BCUT2D eigenvalue weighted by Gasteiger charge is 2.21. The molecule has 0 bridgehead atoms. The van der Waals surface area contributed by atoms with Crippen molar-refractivity contribution in [3.05, 3.63) is 62.9 Å². The number of nitrogens with one attached hydrogen (secondary N) is 1. The van der Waals surface area contributed by atoms with Gasteiger partial charge >= 0.3 is 5.69 Å². The molecular weight excluding hydrogens is 303 g/mol. The van der Waals surface area contributed by atoms with E-state index in [1.54, 1.807) is 0 Å². The number of nitrogens with zero attached hydrogens (tertiary/aromatic N) is 1. The Morgan fingerprint density at radius 1 is 1.33 bits per heavy atom. The number of aromatic hydroxyl groups is 1. The molecule has 0 unspecified atom stereocenters. The third-order valence-corrected chi connectivity index (χ3v) is 2.96. The summed E-state index contributed by atoms with van der Waals surface area (Å²) in [7, 11) is 0. The van der Waals surface area contributed by atoms with Crippen LogP contribution in [-0.2, 0) is 0 Å². The van der Waals surface area contributed by atoms with E-state index in [0.29, 0.717) is 0 Å². The molecule has 6 nitrogen and oxygen atoms in total. The lowest BCUT2D eigenvalue weighted by Crippen LogP contribution is -2.13. The van der Waals surface area contributed by atoms with Gasteiger partial charge in [-0.3, -0.25) is 14.9 Å². The number of phenolic OH excluding ortho intramolecular Hbond substituents is 1. The molecule has 0 spiro atoms. The summed E-state index contributed by atoms with van der Waals surface area (Å²) in [6.07, 6.45) is 0. The van der Waals surface area contributed by atoms with E-state index in [0.717, 1.165) is 18.2 Å². The zero-order valence-electron chi connectivity index (χ0n) is 10.3. The first kappa shape index (κ1) is 14.7. The standard InChI is InChI=1S/C13H8ClFN2O4/c14-9-5-4-7(15)6-10(9)16-13(19)8-2-1-3-11(12(8)18)17(20)21/h1-6,18H,(H,16,19). The molecule has 0 atom stereocenters. The highest BCUT2D eigenvalue weighted by molar-refractivity contribution is 6.34. The van der Waals surface area contributed by atoms with E-state index in [1.165, 1.54) is 18.2 Å². The minimum absolute atomic E-state index is 0.00688. The van der Waals surface area contributed by atoms with Crippen LogP contribution in [0.3, 0.4) is 0 Å². The predicted molar refractivity (Wildman–Crippen MR) is 74.1 cm³/mol. The lowest BCUT2D eigenvalue weighted by molar-refractivity contribution is -0.385. The van der Waals surface area contributed by atoms with Crippen LogP contribution in [0.4, 0.5) is 15.8 Å².